The fourth-order valence-electron chi connectivity index (χ4n) is 1.20. The van der Waals surface area contributed by atoms with Gasteiger partial charge in [-0.3, -0.25) is 0 Å². The van der Waals surface area contributed by atoms with E-state index >= 15 is 0 Å². The van der Waals surface area contributed by atoms with Gasteiger partial charge < -0.3 is 9.47 Å². The highest BCUT2D eigenvalue weighted by Gasteiger charge is 2.22. The third-order valence-electron chi connectivity index (χ3n) is 1.76. The van der Waals surface area contributed by atoms with E-state index in [1.807, 2.05) is 0 Å². The molecule has 0 amide bonds. The monoisotopic (exact) mass is 251 g/mol. The highest BCUT2D eigenvalue weighted by molar-refractivity contribution is 6.67. The molecule has 1 aromatic rings. The molecule has 0 N–H and O–H groups in total. The molecule has 0 aliphatic carbocycles. The third-order valence-corrected chi connectivity index (χ3v) is 2.16. The molecule has 0 bridgehead atoms. The molecule has 1 radical (unpaired) electrons. The molecule has 0 spiro atoms. The molecular formula is C9H6Cl3O2. The van der Waals surface area contributed by atoms with Crippen molar-refractivity contribution in [2.45, 2.75) is 10.2 Å². The van der Waals surface area contributed by atoms with Crippen LogP contribution < -0.4 is 9.47 Å². The van der Waals surface area contributed by atoms with Gasteiger partial charge in [0.05, 0.1) is 0 Å². The van der Waals surface area contributed by atoms with Gasteiger partial charge >= 0.3 is 0 Å². The molecule has 0 aromatic heterocycles. The minimum absolute atomic E-state index is 0.237. The molecule has 1 aliphatic rings. The molecule has 0 saturated carbocycles. The number of benzene rings is 1. The molecule has 0 atom stereocenters. The number of fused-ring (bicyclic) bond motifs is 1. The molecule has 1 aliphatic heterocycles. The molecule has 1 aromatic carbocycles. The van der Waals surface area contributed by atoms with Gasteiger partial charge in [-0.1, -0.05) is 34.8 Å². The molecule has 0 unspecified atom stereocenters. The average Bonchev–Trinajstić information content (AvgIpc) is 2.47. The predicted molar refractivity (Wildman–Crippen MR) is 55.4 cm³/mol. The largest absolute Gasteiger partial charge is 0.454 e. The van der Waals surface area contributed by atoms with Crippen molar-refractivity contribution in [2.24, 2.45) is 0 Å². The number of halogens is 3. The molecule has 0 saturated heterocycles. The molecule has 2 rings (SSSR count). The minimum Gasteiger partial charge on any atom is -0.454 e. The van der Waals surface area contributed by atoms with E-state index in [-0.39, 0.29) is 6.79 Å². The average molecular weight is 253 g/mol. The standard InChI is InChI=1S/C9H6Cl3O2/c10-9(11,12)4-6-1-2-7-8(3-6)14-5-13-7/h2-3H,4-5H2. The first-order valence-electron chi connectivity index (χ1n) is 3.91. The van der Waals surface area contributed by atoms with E-state index in [0.717, 1.165) is 5.56 Å². The lowest BCUT2D eigenvalue weighted by Crippen LogP contribution is -2.06. The lowest BCUT2D eigenvalue weighted by atomic mass is 10.1. The van der Waals surface area contributed by atoms with Gasteiger partial charge in [-0.15, -0.1) is 0 Å². The number of hydrogen-bond donors (Lipinski definition) is 0. The highest BCUT2D eigenvalue weighted by atomic mass is 35.6. The van der Waals surface area contributed by atoms with Crippen LogP contribution in [0.2, 0.25) is 0 Å². The van der Waals surface area contributed by atoms with Gasteiger partial charge in [-0.2, -0.15) is 0 Å². The van der Waals surface area contributed by atoms with E-state index in [2.05, 4.69) is 6.07 Å². The van der Waals surface area contributed by atoms with Crippen LogP contribution in [0.25, 0.3) is 0 Å². The summed E-state index contributed by atoms with van der Waals surface area (Å²) in [4.78, 5) is 0. The quantitative estimate of drug-likeness (QED) is 0.715. The van der Waals surface area contributed by atoms with Crippen molar-refractivity contribution in [3.05, 3.63) is 23.8 Å². The minimum atomic E-state index is -1.30. The topological polar surface area (TPSA) is 18.5 Å². The van der Waals surface area contributed by atoms with Gasteiger partial charge in [-0.25, -0.2) is 0 Å². The number of hydrogen-bond acceptors (Lipinski definition) is 2. The second-order valence-electron chi connectivity index (χ2n) is 2.89. The zero-order chi connectivity index (χ0) is 10.2. The van der Waals surface area contributed by atoms with Crippen LogP contribution >= 0.6 is 34.8 Å². The molecule has 5 heteroatoms. The zero-order valence-corrected chi connectivity index (χ0v) is 9.29. The lowest BCUT2D eigenvalue weighted by molar-refractivity contribution is 0.174. The summed E-state index contributed by atoms with van der Waals surface area (Å²) in [6, 6.07) is 6.42. The maximum absolute atomic E-state index is 5.66. The molecular weight excluding hydrogens is 246 g/mol. The van der Waals surface area contributed by atoms with Crippen molar-refractivity contribution in [1.82, 2.24) is 0 Å². The van der Waals surface area contributed by atoms with Gasteiger partial charge in [-0.05, 0) is 23.8 Å². The Hall–Kier alpha value is -0.310. The fraction of sp³-hybridized carbons (Fsp3) is 0.333. The van der Waals surface area contributed by atoms with E-state index in [1.54, 1.807) is 12.1 Å². The SMILES string of the molecule is ClC(Cl)(Cl)Cc1[c]cc2c(c1)OCO2. The van der Waals surface area contributed by atoms with Crippen LogP contribution in [-0.4, -0.2) is 10.6 Å². The maximum atomic E-state index is 5.66. The molecule has 0 fully saturated rings. The summed E-state index contributed by atoms with van der Waals surface area (Å²) in [7, 11) is 0. The first-order valence-corrected chi connectivity index (χ1v) is 5.05. The Bertz CT molecular complexity index is 346. The first-order chi connectivity index (χ1) is 6.54. The van der Waals surface area contributed by atoms with Crippen molar-refractivity contribution in [2.75, 3.05) is 6.79 Å². The zero-order valence-electron chi connectivity index (χ0n) is 7.02. The maximum Gasteiger partial charge on any atom is 0.231 e. The van der Waals surface area contributed by atoms with Crippen LogP contribution in [0, 0.1) is 6.07 Å². The summed E-state index contributed by atoms with van der Waals surface area (Å²) >= 11 is 17.0. The van der Waals surface area contributed by atoms with Crippen molar-refractivity contribution < 1.29 is 9.47 Å². The van der Waals surface area contributed by atoms with E-state index in [1.165, 1.54) is 0 Å². The normalized spacial score (nSPS) is 14.5. The second kappa shape index (κ2) is 3.69. The number of ether oxygens (including phenoxy) is 2. The van der Waals surface area contributed by atoms with Crippen LogP contribution in [0.4, 0.5) is 0 Å². The summed E-state index contributed by atoms with van der Waals surface area (Å²) in [5.41, 5.74) is 0.786. The van der Waals surface area contributed by atoms with Crippen LogP contribution in [0.15, 0.2) is 12.1 Å². The fourth-order valence-corrected chi connectivity index (χ4v) is 1.63. The van der Waals surface area contributed by atoms with Crippen LogP contribution in [-0.2, 0) is 6.42 Å². The van der Waals surface area contributed by atoms with E-state index < -0.39 is 3.79 Å². The molecule has 1 heterocycles. The van der Waals surface area contributed by atoms with Crippen LogP contribution in [0.1, 0.15) is 5.56 Å². The number of rotatable bonds is 1. The van der Waals surface area contributed by atoms with Gasteiger partial charge in [0.1, 0.15) is 0 Å². The van der Waals surface area contributed by atoms with E-state index in [9.17, 15) is 0 Å². The Morgan fingerprint density at radius 2 is 2.00 bits per heavy atom. The Labute approximate surface area is 96.7 Å². The van der Waals surface area contributed by atoms with Crippen molar-refractivity contribution >= 4 is 34.8 Å². The van der Waals surface area contributed by atoms with Gasteiger partial charge in [0.15, 0.2) is 15.3 Å². The van der Waals surface area contributed by atoms with Gasteiger partial charge in [0, 0.05) is 6.42 Å². The van der Waals surface area contributed by atoms with Crippen molar-refractivity contribution in [3.8, 4) is 11.5 Å². The summed E-state index contributed by atoms with van der Waals surface area (Å²) in [6.45, 7) is 0.237. The lowest BCUT2D eigenvalue weighted by Gasteiger charge is -2.10. The Morgan fingerprint density at radius 1 is 1.29 bits per heavy atom. The van der Waals surface area contributed by atoms with Gasteiger partial charge in [0.2, 0.25) is 6.79 Å². The number of alkyl halides is 3. The van der Waals surface area contributed by atoms with Crippen molar-refractivity contribution in [1.29, 1.82) is 0 Å². The summed E-state index contributed by atoms with van der Waals surface area (Å²) in [5, 5.41) is 0. The van der Waals surface area contributed by atoms with E-state index in [4.69, 9.17) is 44.3 Å². The predicted octanol–water partition coefficient (Wildman–Crippen LogP) is 3.13. The smallest absolute Gasteiger partial charge is 0.231 e. The Balaban J connectivity index is 2.21. The highest BCUT2D eigenvalue weighted by Crippen LogP contribution is 2.36. The van der Waals surface area contributed by atoms with Crippen molar-refractivity contribution in [3.63, 3.8) is 0 Å². The van der Waals surface area contributed by atoms with Crippen LogP contribution in [0.3, 0.4) is 0 Å². The first kappa shape index (κ1) is 10.2. The Morgan fingerprint density at radius 3 is 2.71 bits per heavy atom. The second-order valence-corrected chi connectivity index (χ2v) is 5.40. The molecule has 2 nitrogen and oxygen atoms in total. The molecule has 14 heavy (non-hydrogen) atoms. The summed E-state index contributed by atoms with van der Waals surface area (Å²) < 4.78 is 9.01. The van der Waals surface area contributed by atoms with Crippen LogP contribution in [0.5, 0.6) is 11.5 Å². The summed E-state index contributed by atoms with van der Waals surface area (Å²) in [5.74, 6) is 1.35. The molecule has 75 valence electrons. The Kier molecular flexibility index (Phi) is 2.69. The van der Waals surface area contributed by atoms with Gasteiger partial charge in [0.25, 0.3) is 0 Å². The van der Waals surface area contributed by atoms with E-state index in [0.29, 0.717) is 17.9 Å². The summed E-state index contributed by atoms with van der Waals surface area (Å²) in [6.07, 6.45) is 0.300. The third kappa shape index (κ3) is 2.38.